The van der Waals surface area contributed by atoms with E-state index in [2.05, 4.69) is 22.0 Å². The van der Waals surface area contributed by atoms with E-state index in [9.17, 15) is 4.39 Å². The van der Waals surface area contributed by atoms with E-state index in [1.54, 1.807) is 6.07 Å². The first kappa shape index (κ1) is 15.2. The van der Waals surface area contributed by atoms with E-state index in [1.165, 1.54) is 6.07 Å². The number of hydrogen-bond donors (Lipinski definition) is 0. The lowest BCUT2D eigenvalue weighted by Gasteiger charge is -2.38. The second-order valence-electron chi connectivity index (χ2n) is 6.19. The van der Waals surface area contributed by atoms with E-state index in [4.69, 9.17) is 4.42 Å². The van der Waals surface area contributed by atoms with Gasteiger partial charge in [0.1, 0.15) is 5.82 Å². The maximum Gasteiger partial charge on any atom is 0.221 e. The molecule has 0 aliphatic carbocycles. The summed E-state index contributed by atoms with van der Waals surface area (Å²) < 4.78 is 19.1. The topological polar surface area (TPSA) is 42.2 Å². The van der Waals surface area contributed by atoms with E-state index >= 15 is 0 Å². The van der Waals surface area contributed by atoms with Gasteiger partial charge in [0, 0.05) is 19.5 Å². The molecule has 118 valence electrons. The van der Waals surface area contributed by atoms with Crippen molar-refractivity contribution in [2.24, 2.45) is 0 Å². The van der Waals surface area contributed by atoms with Crippen LogP contribution in [0.3, 0.4) is 0 Å². The molecule has 2 heterocycles. The zero-order chi connectivity index (χ0) is 15.7. The number of piperidine rings is 1. The lowest BCUT2D eigenvalue weighted by atomic mass is 9.89. The number of likely N-dealkylation sites (tertiary alicyclic amines) is 1. The van der Waals surface area contributed by atoms with Crippen molar-refractivity contribution in [1.82, 2.24) is 15.1 Å². The molecule has 22 heavy (non-hydrogen) atoms. The summed E-state index contributed by atoms with van der Waals surface area (Å²) in [6.45, 7) is 7.81. The van der Waals surface area contributed by atoms with Gasteiger partial charge >= 0.3 is 0 Å². The standard InChI is InChI=1S/C17H22FN3O/c1-11-6-7-15(18)9-14(11)10-21-8-4-5-16(12(21)2)17-20-19-13(3)22-17/h6-7,9,12,16H,4-5,8,10H2,1-3H3/t12-,16-/m0/s1. The van der Waals surface area contributed by atoms with E-state index in [-0.39, 0.29) is 11.7 Å². The van der Waals surface area contributed by atoms with E-state index in [0.29, 0.717) is 11.9 Å². The van der Waals surface area contributed by atoms with Gasteiger partial charge in [0.15, 0.2) is 0 Å². The van der Waals surface area contributed by atoms with Crippen LogP contribution in [0.25, 0.3) is 0 Å². The fourth-order valence-electron chi connectivity index (χ4n) is 3.26. The number of aryl methyl sites for hydroxylation is 2. The third-order valence-electron chi connectivity index (χ3n) is 4.66. The number of rotatable bonds is 3. The van der Waals surface area contributed by atoms with Gasteiger partial charge in [0.2, 0.25) is 11.8 Å². The second kappa shape index (κ2) is 6.16. The quantitative estimate of drug-likeness (QED) is 0.869. The number of aromatic nitrogens is 2. The van der Waals surface area contributed by atoms with Crippen molar-refractivity contribution >= 4 is 0 Å². The summed E-state index contributed by atoms with van der Waals surface area (Å²) in [7, 11) is 0. The Kier molecular flexibility index (Phi) is 4.25. The van der Waals surface area contributed by atoms with E-state index in [1.807, 2.05) is 19.9 Å². The van der Waals surface area contributed by atoms with E-state index < -0.39 is 0 Å². The van der Waals surface area contributed by atoms with Crippen LogP contribution in [-0.2, 0) is 6.54 Å². The summed E-state index contributed by atoms with van der Waals surface area (Å²) in [5.74, 6) is 1.42. The first-order valence-electron chi connectivity index (χ1n) is 7.83. The average Bonchev–Trinajstić information content (AvgIpc) is 2.91. The summed E-state index contributed by atoms with van der Waals surface area (Å²) in [6, 6.07) is 5.31. The molecule has 1 fully saturated rings. The lowest BCUT2D eigenvalue weighted by molar-refractivity contribution is 0.118. The highest BCUT2D eigenvalue weighted by atomic mass is 19.1. The molecule has 1 aromatic carbocycles. The first-order valence-corrected chi connectivity index (χ1v) is 7.83. The molecule has 0 spiro atoms. The molecule has 2 atom stereocenters. The molecule has 4 nitrogen and oxygen atoms in total. The molecular weight excluding hydrogens is 281 g/mol. The second-order valence-corrected chi connectivity index (χ2v) is 6.19. The molecule has 5 heteroatoms. The third-order valence-corrected chi connectivity index (χ3v) is 4.66. The maximum absolute atomic E-state index is 13.5. The van der Waals surface area contributed by atoms with Crippen LogP contribution in [0.5, 0.6) is 0 Å². The van der Waals surface area contributed by atoms with Crippen LogP contribution in [0.4, 0.5) is 4.39 Å². The predicted molar refractivity (Wildman–Crippen MR) is 82.0 cm³/mol. The van der Waals surface area contributed by atoms with Crippen LogP contribution in [0, 0.1) is 19.7 Å². The first-order chi connectivity index (χ1) is 10.5. The van der Waals surface area contributed by atoms with Crippen molar-refractivity contribution < 1.29 is 8.81 Å². The minimum absolute atomic E-state index is 0.172. The Morgan fingerprint density at radius 3 is 2.86 bits per heavy atom. The Bertz CT molecular complexity index is 655. The zero-order valence-electron chi connectivity index (χ0n) is 13.3. The minimum atomic E-state index is -0.172. The molecule has 0 saturated carbocycles. The van der Waals surface area contributed by atoms with Gasteiger partial charge in [-0.1, -0.05) is 6.07 Å². The van der Waals surface area contributed by atoms with E-state index in [0.717, 1.165) is 42.9 Å². The molecule has 0 unspecified atom stereocenters. The van der Waals surface area contributed by atoms with Gasteiger partial charge < -0.3 is 4.42 Å². The third kappa shape index (κ3) is 3.04. The maximum atomic E-state index is 13.5. The van der Waals surface area contributed by atoms with Crippen molar-refractivity contribution in [2.75, 3.05) is 6.54 Å². The molecule has 1 aliphatic rings. The molecule has 0 N–H and O–H groups in total. The normalized spacial score (nSPS) is 22.9. The number of nitrogens with zero attached hydrogens (tertiary/aromatic N) is 3. The number of benzene rings is 1. The average molecular weight is 303 g/mol. The van der Waals surface area contributed by atoms with Gasteiger partial charge in [0.25, 0.3) is 0 Å². The van der Waals surface area contributed by atoms with Gasteiger partial charge in [-0.15, -0.1) is 10.2 Å². The highest BCUT2D eigenvalue weighted by Crippen LogP contribution is 2.32. The number of halogens is 1. The van der Waals surface area contributed by atoms with Crippen LogP contribution in [0.1, 0.15) is 48.6 Å². The summed E-state index contributed by atoms with van der Waals surface area (Å²) in [5, 5.41) is 8.14. The fraction of sp³-hybridized carbons (Fsp3) is 0.529. The predicted octanol–water partition coefficient (Wildman–Crippen LogP) is 3.59. The van der Waals surface area contributed by atoms with Gasteiger partial charge in [0.05, 0.1) is 5.92 Å². The molecule has 3 rings (SSSR count). The molecule has 0 bridgehead atoms. The summed E-state index contributed by atoms with van der Waals surface area (Å²) in [6.07, 6.45) is 2.15. The van der Waals surface area contributed by atoms with Crippen LogP contribution >= 0.6 is 0 Å². The lowest BCUT2D eigenvalue weighted by Crippen LogP contribution is -2.42. The summed E-state index contributed by atoms with van der Waals surface area (Å²) >= 11 is 0. The summed E-state index contributed by atoms with van der Waals surface area (Å²) in [4.78, 5) is 2.38. The van der Waals surface area contributed by atoms with Crippen molar-refractivity contribution in [1.29, 1.82) is 0 Å². The van der Waals surface area contributed by atoms with Crippen LogP contribution in [0.15, 0.2) is 22.6 Å². The number of hydrogen-bond acceptors (Lipinski definition) is 4. The Balaban J connectivity index is 1.78. The molecule has 1 aliphatic heterocycles. The highest BCUT2D eigenvalue weighted by Gasteiger charge is 2.32. The van der Waals surface area contributed by atoms with Gasteiger partial charge in [-0.25, -0.2) is 4.39 Å². The van der Waals surface area contributed by atoms with Crippen molar-refractivity contribution in [3.05, 3.63) is 46.9 Å². The SMILES string of the molecule is Cc1nnc([C@H]2CCCN(Cc3cc(F)ccc3C)[C@H]2C)o1. The van der Waals surface area contributed by atoms with Crippen LogP contribution in [0.2, 0.25) is 0 Å². The van der Waals surface area contributed by atoms with Crippen molar-refractivity contribution in [3.8, 4) is 0 Å². The molecular formula is C17H22FN3O. The Hall–Kier alpha value is -1.75. The molecule has 1 aromatic heterocycles. The van der Waals surface area contributed by atoms with Crippen molar-refractivity contribution in [3.63, 3.8) is 0 Å². The zero-order valence-corrected chi connectivity index (χ0v) is 13.3. The monoisotopic (exact) mass is 303 g/mol. The van der Waals surface area contributed by atoms with Crippen LogP contribution in [-0.4, -0.2) is 27.7 Å². The Morgan fingerprint density at radius 1 is 1.32 bits per heavy atom. The van der Waals surface area contributed by atoms with Gasteiger partial charge in [-0.2, -0.15) is 0 Å². The van der Waals surface area contributed by atoms with Gasteiger partial charge in [-0.3, -0.25) is 4.90 Å². The summed E-state index contributed by atoms with van der Waals surface area (Å²) in [5.41, 5.74) is 2.18. The molecule has 0 amide bonds. The Morgan fingerprint density at radius 2 is 2.14 bits per heavy atom. The molecule has 2 aromatic rings. The smallest absolute Gasteiger partial charge is 0.221 e. The molecule has 0 radical (unpaired) electrons. The van der Waals surface area contributed by atoms with Crippen molar-refractivity contribution in [2.45, 2.75) is 52.1 Å². The van der Waals surface area contributed by atoms with Gasteiger partial charge in [-0.05, 0) is 56.5 Å². The van der Waals surface area contributed by atoms with Crippen LogP contribution < -0.4 is 0 Å². The fourth-order valence-corrected chi connectivity index (χ4v) is 3.26. The largest absolute Gasteiger partial charge is 0.425 e. The minimum Gasteiger partial charge on any atom is -0.425 e. The molecule has 1 saturated heterocycles. The Labute approximate surface area is 130 Å². The highest BCUT2D eigenvalue weighted by molar-refractivity contribution is 5.26.